The number of fused-ring (bicyclic) bond motifs is 1. The molecule has 2 aromatic heterocycles. The number of carbonyl (C=O) groups excluding carboxylic acids is 2. The molecule has 0 spiro atoms. The standard InChI is InChI=1S/C17H14N4O2/c22-16(20-11-12-6-9-18-10-7-12)17(23)21-14-5-1-3-13-4-2-8-19-15(13)14/h1-10H,11H2,(H,20,22)(H,21,23). The van der Waals surface area contributed by atoms with Gasteiger partial charge in [-0.25, -0.2) is 0 Å². The molecule has 0 saturated carbocycles. The van der Waals surface area contributed by atoms with Crippen molar-refractivity contribution in [2.75, 3.05) is 5.32 Å². The van der Waals surface area contributed by atoms with E-state index in [9.17, 15) is 9.59 Å². The summed E-state index contributed by atoms with van der Waals surface area (Å²) in [6.07, 6.45) is 4.90. The van der Waals surface area contributed by atoms with Crippen LogP contribution in [-0.2, 0) is 16.1 Å². The molecule has 2 amide bonds. The van der Waals surface area contributed by atoms with Gasteiger partial charge in [0.15, 0.2) is 0 Å². The number of amides is 2. The zero-order valence-electron chi connectivity index (χ0n) is 12.2. The van der Waals surface area contributed by atoms with Gasteiger partial charge in [0.05, 0.1) is 11.2 Å². The molecule has 23 heavy (non-hydrogen) atoms. The summed E-state index contributed by atoms with van der Waals surface area (Å²) in [4.78, 5) is 32.0. The molecule has 3 rings (SSSR count). The van der Waals surface area contributed by atoms with Crippen LogP contribution in [0, 0.1) is 0 Å². The smallest absolute Gasteiger partial charge is 0.313 e. The summed E-state index contributed by atoms with van der Waals surface area (Å²) in [5, 5.41) is 6.05. The average Bonchev–Trinajstić information content (AvgIpc) is 2.61. The van der Waals surface area contributed by atoms with Gasteiger partial charge >= 0.3 is 11.8 Å². The number of rotatable bonds is 3. The molecule has 0 radical (unpaired) electrons. The second-order valence-electron chi connectivity index (χ2n) is 4.87. The molecule has 6 heteroatoms. The highest BCUT2D eigenvalue weighted by atomic mass is 16.2. The Labute approximate surface area is 132 Å². The number of pyridine rings is 2. The first kappa shape index (κ1) is 14.6. The summed E-state index contributed by atoms with van der Waals surface area (Å²) in [6, 6.07) is 12.6. The molecule has 1 aromatic carbocycles. The summed E-state index contributed by atoms with van der Waals surface area (Å²) in [6.45, 7) is 0.266. The lowest BCUT2D eigenvalue weighted by atomic mass is 10.2. The molecule has 2 N–H and O–H groups in total. The minimum atomic E-state index is -0.725. The third kappa shape index (κ3) is 3.49. The predicted octanol–water partition coefficient (Wildman–Crippen LogP) is 1.88. The lowest BCUT2D eigenvalue weighted by Gasteiger charge is -2.08. The maximum atomic E-state index is 12.0. The first-order chi connectivity index (χ1) is 11.2. The Morgan fingerprint density at radius 3 is 2.52 bits per heavy atom. The monoisotopic (exact) mass is 306 g/mol. The number of nitrogens with zero attached hydrogens (tertiary/aromatic N) is 2. The number of hydrogen-bond acceptors (Lipinski definition) is 4. The summed E-state index contributed by atoms with van der Waals surface area (Å²) in [7, 11) is 0. The molecular weight excluding hydrogens is 292 g/mol. The van der Waals surface area contributed by atoms with Gasteiger partial charge in [0.2, 0.25) is 0 Å². The molecule has 2 heterocycles. The molecule has 0 aliphatic heterocycles. The quantitative estimate of drug-likeness (QED) is 0.724. The minimum Gasteiger partial charge on any atom is -0.344 e. The number of anilines is 1. The number of benzene rings is 1. The van der Waals surface area contributed by atoms with Crippen LogP contribution in [-0.4, -0.2) is 21.8 Å². The van der Waals surface area contributed by atoms with E-state index in [4.69, 9.17) is 0 Å². The van der Waals surface area contributed by atoms with E-state index in [1.54, 1.807) is 42.9 Å². The Morgan fingerprint density at radius 1 is 0.913 bits per heavy atom. The zero-order chi connectivity index (χ0) is 16.1. The Bertz CT molecular complexity index is 844. The third-order valence-corrected chi connectivity index (χ3v) is 3.29. The number of aromatic nitrogens is 2. The van der Waals surface area contributed by atoms with Crippen molar-refractivity contribution < 1.29 is 9.59 Å². The van der Waals surface area contributed by atoms with Crippen molar-refractivity contribution in [2.45, 2.75) is 6.54 Å². The molecule has 0 fully saturated rings. The highest BCUT2D eigenvalue weighted by molar-refractivity contribution is 6.40. The van der Waals surface area contributed by atoms with E-state index in [2.05, 4.69) is 20.6 Å². The minimum absolute atomic E-state index is 0.266. The van der Waals surface area contributed by atoms with Gasteiger partial charge in [0.25, 0.3) is 0 Å². The molecule has 0 aliphatic carbocycles. The Balaban J connectivity index is 1.67. The highest BCUT2D eigenvalue weighted by Gasteiger charge is 2.14. The summed E-state index contributed by atoms with van der Waals surface area (Å²) in [5.74, 6) is -1.42. The number of hydrogen-bond donors (Lipinski definition) is 2. The summed E-state index contributed by atoms with van der Waals surface area (Å²) >= 11 is 0. The van der Waals surface area contributed by atoms with E-state index < -0.39 is 11.8 Å². The molecule has 114 valence electrons. The molecule has 3 aromatic rings. The second-order valence-corrected chi connectivity index (χ2v) is 4.87. The Morgan fingerprint density at radius 2 is 1.70 bits per heavy atom. The maximum Gasteiger partial charge on any atom is 0.313 e. The van der Waals surface area contributed by atoms with Crippen LogP contribution < -0.4 is 10.6 Å². The zero-order valence-corrected chi connectivity index (χ0v) is 12.2. The van der Waals surface area contributed by atoms with Crippen LogP contribution in [0.2, 0.25) is 0 Å². The van der Waals surface area contributed by atoms with Crippen LogP contribution >= 0.6 is 0 Å². The third-order valence-electron chi connectivity index (χ3n) is 3.29. The van der Waals surface area contributed by atoms with Crippen molar-refractivity contribution in [1.29, 1.82) is 0 Å². The van der Waals surface area contributed by atoms with E-state index >= 15 is 0 Å². The van der Waals surface area contributed by atoms with Crippen LogP contribution in [0.3, 0.4) is 0 Å². The van der Waals surface area contributed by atoms with Crippen molar-refractivity contribution >= 4 is 28.4 Å². The lowest BCUT2D eigenvalue weighted by Crippen LogP contribution is -2.35. The molecular formula is C17H14N4O2. The fourth-order valence-electron chi connectivity index (χ4n) is 2.15. The van der Waals surface area contributed by atoms with E-state index in [1.807, 2.05) is 18.2 Å². The van der Waals surface area contributed by atoms with Crippen LogP contribution in [0.15, 0.2) is 61.1 Å². The lowest BCUT2D eigenvalue weighted by molar-refractivity contribution is -0.136. The molecule has 0 saturated heterocycles. The van der Waals surface area contributed by atoms with Crippen molar-refractivity contribution in [3.05, 3.63) is 66.6 Å². The number of nitrogens with one attached hydrogen (secondary N) is 2. The van der Waals surface area contributed by atoms with E-state index in [0.717, 1.165) is 10.9 Å². The van der Waals surface area contributed by atoms with Crippen molar-refractivity contribution in [2.24, 2.45) is 0 Å². The van der Waals surface area contributed by atoms with Gasteiger partial charge in [0, 0.05) is 30.5 Å². The molecule has 0 unspecified atom stereocenters. The van der Waals surface area contributed by atoms with Gasteiger partial charge < -0.3 is 10.6 Å². The Hall–Kier alpha value is -3.28. The summed E-state index contributed by atoms with van der Waals surface area (Å²) in [5.41, 5.74) is 2.02. The topological polar surface area (TPSA) is 84.0 Å². The highest BCUT2D eigenvalue weighted by Crippen LogP contribution is 2.20. The first-order valence-electron chi connectivity index (χ1n) is 7.06. The van der Waals surface area contributed by atoms with Crippen molar-refractivity contribution in [3.63, 3.8) is 0 Å². The maximum absolute atomic E-state index is 12.0. The molecule has 0 atom stereocenters. The number of carbonyl (C=O) groups is 2. The van der Waals surface area contributed by atoms with E-state index in [-0.39, 0.29) is 6.54 Å². The predicted molar refractivity (Wildman–Crippen MR) is 86.5 cm³/mol. The van der Waals surface area contributed by atoms with E-state index in [1.165, 1.54) is 0 Å². The fraction of sp³-hybridized carbons (Fsp3) is 0.0588. The van der Waals surface area contributed by atoms with Crippen LogP contribution in [0.1, 0.15) is 5.56 Å². The second kappa shape index (κ2) is 6.65. The molecule has 0 bridgehead atoms. The SMILES string of the molecule is O=C(NCc1ccncc1)C(=O)Nc1cccc2cccnc12. The van der Waals surface area contributed by atoms with Gasteiger partial charge in [-0.2, -0.15) is 0 Å². The summed E-state index contributed by atoms with van der Waals surface area (Å²) < 4.78 is 0. The molecule has 6 nitrogen and oxygen atoms in total. The van der Waals surface area contributed by atoms with Gasteiger partial charge in [-0.3, -0.25) is 19.6 Å². The Kier molecular flexibility index (Phi) is 4.24. The van der Waals surface area contributed by atoms with Crippen LogP contribution in [0.4, 0.5) is 5.69 Å². The normalized spacial score (nSPS) is 10.3. The average molecular weight is 306 g/mol. The molecule has 0 aliphatic rings. The van der Waals surface area contributed by atoms with E-state index in [0.29, 0.717) is 11.2 Å². The number of para-hydroxylation sites is 1. The van der Waals surface area contributed by atoms with Crippen LogP contribution in [0.25, 0.3) is 10.9 Å². The van der Waals surface area contributed by atoms with Gasteiger partial charge in [-0.15, -0.1) is 0 Å². The fourth-order valence-corrected chi connectivity index (χ4v) is 2.15. The van der Waals surface area contributed by atoms with Crippen molar-refractivity contribution in [1.82, 2.24) is 15.3 Å². The van der Waals surface area contributed by atoms with Gasteiger partial charge in [0.1, 0.15) is 0 Å². The largest absolute Gasteiger partial charge is 0.344 e. The van der Waals surface area contributed by atoms with Crippen LogP contribution in [0.5, 0.6) is 0 Å². The first-order valence-corrected chi connectivity index (χ1v) is 7.06. The van der Waals surface area contributed by atoms with Crippen molar-refractivity contribution in [3.8, 4) is 0 Å². The van der Waals surface area contributed by atoms with Gasteiger partial charge in [-0.05, 0) is 29.8 Å². The van der Waals surface area contributed by atoms with Gasteiger partial charge in [-0.1, -0.05) is 18.2 Å².